The van der Waals surface area contributed by atoms with Gasteiger partial charge in [0.25, 0.3) is 0 Å². The molecule has 0 bridgehead atoms. The fraction of sp³-hybridized carbons (Fsp3) is 0.286. The highest BCUT2D eigenvalue weighted by Gasteiger charge is 2.12. The van der Waals surface area contributed by atoms with Crippen LogP contribution in [0.3, 0.4) is 0 Å². The topological polar surface area (TPSA) is 55.1 Å². The molecule has 94 valence electrons. The van der Waals surface area contributed by atoms with Crippen molar-refractivity contribution in [2.45, 2.75) is 27.2 Å². The Morgan fingerprint density at radius 2 is 1.83 bits per heavy atom. The standard InChI is InChI=1S/C14H16N2O2/c1-9-4-10(2)6-12(5-9)16-8-15-11(3)13(16)7-14(17)18/h4-6,8H,7H2,1-3H3,(H,17,18). The molecule has 0 aliphatic rings. The van der Waals surface area contributed by atoms with Crippen molar-refractivity contribution in [2.75, 3.05) is 0 Å². The molecule has 0 radical (unpaired) electrons. The Bertz CT molecular complexity index is 580. The fourth-order valence-electron chi connectivity index (χ4n) is 2.13. The first-order valence-electron chi connectivity index (χ1n) is 5.80. The zero-order chi connectivity index (χ0) is 13.3. The summed E-state index contributed by atoms with van der Waals surface area (Å²) in [6.45, 7) is 5.88. The summed E-state index contributed by atoms with van der Waals surface area (Å²) in [6, 6.07) is 6.14. The molecule has 1 aromatic carbocycles. The van der Waals surface area contributed by atoms with Gasteiger partial charge in [0, 0.05) is 5.69 Å². The normalized spacial score (nSPS) is 10.6. The van der Waals surface area contributed by atoms with Gasteiger partial charge in [0.05, 0.1) is 24.1 Å². The van der Waals surface area contributed by atoms with Crippen molar-refractivity contribution < 1.29 is 9.90 Å². The predicted molar refractivity (Wildman–Crippen MR) is 69.1 cm³/mol. The van der Waals surface area contributed by atoms with Crippen LogP contribution in [-0.4, -0.2) is 20.6 Å². The van der Waals surface area contributed by atoms with Crippen LogP contribution in [-0.2, 0) is 11.2 Å². The Kier molecular flexibility index (Phi) is 3.19. The van der Waals surface area contributed by atoms with E-state index >= 15 is 0 Å². The lowest BCUT2D eigenvalue weighted by atomic mass is 10.1. The molecule has 2 aromatic rings. The largest absolute Gasteiger partial charge is 0.481 e. The first-order chi connectivity index (χ1) is 8.47. The fourth-order valence-corrected chi connectivity index (χ4v) is 2.13. The SMILES string of the molecule is Cc1cc(C)cc(-n2cnc(C)c2CC(=O)O)c1. The summed E-state index contributed by atoms with van der Waals surface area (Å²) in [5.41, 5.74) is 4.75. The summed E-state index contributed by atoms with van der Waals surface area (Å²) in [5.74, 6) is -0.843. The summed E-state index contributed by atoms with van der Waals surface area (Å²) >= 11 is 0. The Morgan fingerprint density at radius 1 is 1.22 bits per heavy atom. The van der Waals surface area contributed by atoms with E-state index in [1.54, 1.807) is 6.33 Å². The van der Waals surface area contributed by atoms with Gasteiger partial charge >= 0.3 is 5.97 Å². The number of carboxylic acid groups (broad SMARTS) is 1. The summed E-state index contributed by atoms with van der Waals surface area (Å²) in [4.78, 5) is 15.1. The van der Waals surface area contributed by atoms with Gasteiger partial charge in [0.1, 0.15) is 0 Å². The third kappa shape index (κ3) is 2.42. The maximum Gasteiger partial charge on any atom is 0.309 e. The minimum absolute atomic E-state index is 0.0151. The summed E-state index contributed by atoms with van der Waals surface area (Å²) in [5, 5.41) is 8.95. The Hall–Kier alpha value is -2.10. The highest BCUT2D eigenvalue weighted by Crippen LogP contribution is 2.18. The molecule has 0 aliphatic heterocycles. The Balaban J connectivity index is 2.53. The van der Waals surface area contributed by atoms with Crippen LogP contribution in [0.2, 0.25) is 0 Å². The second-order valence-electron chi connectivity index (χ2n) is 4.56. The molecule has 0 saturated heterocycles. The summed E-state index contributed by atoms with van der Waals surface area (Å²) in [6.07, 6.45) is 1.67. The third-order valence-corrected chi connectivity index (χ3v) is 2.88. The first kappa shape index (κ1) is 12.4. The minimum Gasteiger partial charge on any atom is -0.481 e. The molecule has 1 heterocycles. The molecule has 18 heavy (non-hydrogen) atoms. The van der Waals surface area contributed by atoms with Crippen molar-refractivity contribution in [1.82, 2.24) is 9.55 Å². The average molecular weight is 244 g/mol. The van der Waals surface area contributed by atoms with Crippen molar-refractivity contribution in [1.29, 1.82) is 0 Å². The van der Waals surface area contributed by atoms with Crippen LogP contribution in [0, 0.1) is 20.8 Å². The molecule has 0 amide bonds. The highest BCUT2D eigenvalue weighted by atomic mass is 16.4. The lowest BCUT2D eigenvalue weighted by Crippen LogP contribution is -2.07. The van der Waals surface area contributed by atoms with Crippen LogP contribution in [0.4, 0.5) is 0 Å². The van der Waals surface area contributed by atoms with Gasteiger partial charge in [-0.05, 0) is 44.0 Å². The molecule has 4 nitrogen and oxygen atoms in total. The average Bonchev–Trinajstić information content (AvgIpc) is 2.58. The predicted octanol–water partition coefficient (Wildman–Crippen LogP) is 2.42. The van der Waals surface area contributed by atoms with Gasteiger partial charge < -0.3 is 9.67 Å². The molecule has 0 saturated carbocycles. The number of hydrogen-bond acceptors (Lipinski definition) is 2. The lowest BCUT2D eigenvalue weighted by molar-refractivity contribution is -0.136. The quantitative estimate of drug-likeness (QED) is 0.902. The van der Waals surface area contributed by atoms with Gasteiger partial charge in [-0.1, -0.05) is 6.07 Å². The molecule has 2 rings (SSSR count). The molecule has 0 fully saturated rings. The number of aryl methyl sites for hydroxylation is 3. The van der Waals surface area contributed by atoms with E-state index in [0.29, 0.717) is 0 Å². The van der Waals surface area contributed by atoms with Crippen molar-refractivity contribution in [3.63, 3.8) is 0 Å². The number of nitrogens with zero attached hydrogens (tertiary/aromatic N) is 2. The van der Waals surface area contributed by atoms with E-state index < -0.39 is 5.97 Å². The van der Waals surface area contributed by atoms with Gasteiger partial charge in [-0.3, -0.25) is 4.79 Å². The monoisotopic (exact) mass is 244 g/mol. The zero-order valence-electron chi connectivity index (χ0n) is 10.8. The molecular formula is C14H16N2O2. The molecule has 4 heteroatoms. The van der Waals surface area contributed by atoms with E-state index in [4.69, 9.17) is 5.11 Å². The number of carbonyl (C=O) groups is 1. The van der Waals surface area contributed by atoms with Gasteiger partial charge in [-0.2, -0.15) is 0 Å². The number of aliphatic carboxylic acids is 1. The van der Waals surface area contributed by atoms with Gasteiger partial charge in [-0.25, -0.2) is 4.98 Å². The molecular weight excluding hydrogens is 228 g/mol. The summed E-state index contributed by atoms with van der Waals surface area (Å²) in [7, 11) is 0. The maximum atomic E-state index is 10.9. The van der Waals surface area contributed by atoms with Gasteiger partial charge in [0.2, 0.25) is 0 Å². The number of carboxylic acids is 1. The molecule has 0 unspecified atom stereocenters. The zero-order valence-corrected chi connectivity index (χ0v) is 10.8. The van der Waals surface area contributed by atoms with Crippen LogP contribution >= 0.6 is 0 Å². The summed E-state index contributed by atoms with van der Waals surface area (Å²) < 4.78 is 1.85. The van der Waals surface area contributed by atoms with Crippen LogP contribution in [0.15, 0.2) is 24.5 Å². The van der Waals surface area contributed by atoms with Gasteiger partial charge in [0.15, 0.2) is 0 Å². The number of aromatic nitrogens is 2. The van der Waals surface area contributed by atoms with Crippen molar-refractivity contribution in [2.24, 2.45) is 0 Å². The second kappa shape index (κ2) is 4.64. The van der Waals surface area contributed by atoms with Crippen LogP contribution < -0.4 is 0 Å². The number of rotatable bonds is 3. The highest BCUT2D eigenvalue weighted by molar-refractivity contribution is 5.70. The van der Waals surface area contributed by atoms with Gasteiger partial charge in [-0.15, -0.1) is 0 Å². The van der Waals surface area contributed by atoms with E-state index in [-0.39, 0.29) is 6.42 Å². The van der Waals surface area contributed by atoms with E-state index in [9.17, 15) is 4.79 Å². The second-order valence-corrected chi connectivity index (χ2v) is 4.56. The van der Waals surface area contributed by atoms with E-state index in [1.165, 1.54) is 0 Å². The van der Waals surface area contributed by atoms with Crippen LogP contribution in [0.25, 0.3) is 5.69 Å². The van der Waals surface area contributed by atoms with Crippen LogP contribution in [0.5, 0.6) is 0 Å². The van der Waals surface area contributed by atoms with Crippen LogP contribution in [0.1, 0.15) is 22.5 Å². The van der Waals surface area contributed by atoms with Crippen molar-refractivity contribution in [3.8, 4) is 5.69 Å². The maximum absolute atomic E-state index is 10.9. The number of hydrogen-bond donors (Lipinski definition) is 1. The Morgan fingerprint density at radius 3 is 2.39 bits per heavy atom. The van der Waals surface area contributed by atoms with E-state index in [2.05, 4.69) is 11.1 Å². The molecule has 0 atom stereocenters. The smallest absolute Gasteiger partial charge is 0.309 e. The van der Waals surface area contributed by atoms with E-state index in [1.807, 2.05) is 37.5 Å². The minimum atomic E-state index is -0.843. The van der Waals surface area contributed by atoms with Crippen molar-refractivity contribution in [3.05, 3.63) is 47.0 Å². The molecule has 1 N–H and O–H groups in total. The first-order valence-corrected chi connectivity index (χ1v) is 5.80. The molecule has 0 aliphatic carbocycles. The van der Waals surface area contributed by atoms with E-state index in [0.717, 1.165) is 28.2 Å². The Labute approximate surface area is 106 Å². The molecule has 0 spiro atoms. The van der Waals surface area contributed by atoms with Crippen molar-refractivity contribution >= 4 is 5.97 Å². The molecule has 1 aromatic heterocycles. The lowest BCUT2D eigenvalue weighted by Gasteiger charge is -2.09. The third-order valence-electron chi connectivity index (χ3n) is 2.88. The number of benzene rings is 1. The number of imidazole rings is 1.